The van der Waals surface area contributed by atoms with Crippen molar-refractivity contribution in [3.05, 3.63) is 34.6 Å². The zero-order valence-electron chi connectivity index (χ0n) is 13.1. The lowest BCUT2D eigenvalue weighted by Gasteiger charge is -2.22. The molecule has 1 atom stereocenters. The molecule has 0 heterocycles. The predicted molar refractivity (Wildman–Crippen MR) is 81.9 cm³/mol. The molecule has 0 aromatic heterocycles. The summed E-state index contributed by atoms with van der Waals surface area (Å²) >= 11 is 5.64. The number of carbonyl (C=O) groups excluding carboxylic acids is 1. The van der Waals surface area contributed by atoms with Crippen LogP contribution in [-0.4, -0.2) is 35.4 Å². The van der Waals surface area contributed by atoms with Crippen molar-refractivity contribution < 1.29 is 28.6 Å². The lowest BCUT2D eigenvalue weighted by atomic mass is 10.2. The number of aliphatic carboxylic acids is 1. The summed E-state index contributed by atoms with van der Waals surface area (Å²) in [5.74, 6) is -1.91. The van der Waals surface area contributed by atoms with Gasteiger partial charge in [-0.3, -0.25) is 0 Å². The Morgan fingerprint density at radius 1 is 1.39 bits per heavy atom. The molecule has 0 spiro atoms. The van der Waals surface area contributed by atoms with Crippen LogP contribution in [0, 0.1) is 5.82 Å². The fraction of sp³-hybridized carbons (Fsp3) is 0.467. The lowest BCUT2D eigenvalue weighted by molar-refractivity contribution is -0.141. The van der Waals surface area contributed by atoms with Crippen LogP contribution in [0.4, 0.5) is 9.18 Å². The summed E-state index contributed by atoms with van der Waals surface area (Å²) in [6.07, 6.45) is -0.873. The zero-order chi connectivity index (χ0) is 17.6. The van der Waals surface area contributed by atoms with Crippen LogP contribution in [0.25, 0.3) is 0 Å². The molecule has 1 amide bonds. The molecule has 0 saturated carbocycles. The van der Waals surface area contributed by atoms with Crippen LogP contribution in [0.1, 0.15) is 26.3 Å². The molecule has 1 aromatic carbocycles. The maximum atomic E-state index is 13.7. The number of alkyl carbamates (subject to hydrolysis) is 1. The van der Waals surface area contributed by atoms with Crippen LogP contribution in [-0.2, 0) is 20.9 Å². The van der Waals surface area contributed by atoms with Gasteiger partial charge in [-0.15, -0.1) is 0 Å². The number of halogens is 2. The van der Waals surface area contributed by atoms with Crippen molar-refractivity contribution in [3.8, 4) is 0 Å². The van der Waals surface area contributed by atoms with Gasteiger partial charge in [0.2, 0.25) is 0 Å². The van der Waals surface area contributed by atoms with E-state index >= 15 is 0 Å². The molecular weight excluding hydrogens is 329 g/mol. The summed E-state index contributed by atoms with van der Waals surface area (Å²) in [4.78, 5) is 22.7. The minimum atomic E-state index is -1.31. The van der Waals surface area contributed by atoms with Gasteiger partial charge in [0.1, 0.15) is 11.4 Å². The van der Waals surface area contributed by atoms with Crippen LogP contribution >= 0.6 is 11.6 Å². The summed E-state index contributed by atoms with van der Waals surface area (Å²) in [5, 5.41) is 11.2. The molecule has 0 fully saturated rings. The first-order valence-electron chi connectivity index (χ1n) is 6.83. The molecule has 1 rings (SSSR count). The summed E-state index contributed by atoms with van der Waals surface area (Å²) in [7, 11) is 0. The van der Waals surface area contributed by atoms with Crippen LogP contribution in [0.2, 0.25) is 5.02 Å². The van der Waals surface area contributed by atoms with E-state index in [1.807, 2.05) is 0 Å². The Morgan fingerprint density at radius 2 is 2.04 bits per heavy atom. The van der Waals surface area contributed by atoms with Gasteiger partial charge in [0.05, 0.1) is 18.2 Å². The number of ether oxygens (including phenoxy) is 2. The molecule has 0 aliphatic heterocycles. The highest BCUT2D eigenvalue weighted by atomic mass is 35.5. The second-order valence-corrected chi connectivity index (χ2v) is 6.17. The average molecular weight is 348 g/mol. The number of carbonyl (C=O) groups is 2. The highest BCUT2D eigenvalue weighted by molar-refractivity contribution is 6.30. The molecule has 1 aromatic rings. The SMILES string of the molecule is CC(C)(C)OC(=O)NC(COCc1cccc(Cl)c1F)C(=O)O. The predicted octanol–water partition coefficient (Wildman–Crippen LogP) is 2.97. The highest BCUT2D eigenvalue weighted by Crippen LogP contribution is 2.18. The Bertz CT molecular complexity index is 573. The third-order valence-electron chi connectivity index (χ3n) is 2.56. The van der Waals surface area contributed by atoms with E-state index in [-0.39, 0.29) is 23.8 Å². The van der Waals surface area contributed by atoms with Gasteiger partial charge in [-0.05, 0) is 26.8 Å². The summed E-state index contributed by atoms with van der Waals surface area (Å²) in [6, 6.07) is 3.10. The van der Waals surface area contributed by atoms with Crippen LogP contribution in [0.15, 0.2) is 18.2 Å². The Labute approximate surface area is 138 Å². The molecule has 6 nitrogen and oxygen atoms in total. The van der Waals surface area contributed by atoms with Gasteiger partial charge < -0.3 is 19.9 Å². The van der Waals surface area contributed by atoms with Crippen molar-refractivity contribution in [3.63, 3.8) is 0 Å². The number of amides is 1. The standard InChI is InChI=1S/C15H19ClFNO5/c1-15(2,3)23-14(21)18-11(13(19)20)8-22-7-9-5-4-6-10(16)12(9)17/h4-6,11H,7-8H2,1-3H3,(H,18,21)(H,19,20). The van der Waals surface area contributed by atoms with E-state index < -0.39 is 29.5 Å². The van der Waals surface area contributed by atoms with Gasteiger partial charge >= 0.3 is 12.1 Å². The monoisotopic (exact) mass is 347 g/mol. The quantitative estimate of drug-likeness (QED) is 0.826. The third kappa shape index (κ3) is 6.83. The average Bonchev–Trinajstić information content (AvgIpc) is 2.40. The fourth-order valence-corrected chi connectivity index (χ4v) is 1.77. The number of nitrogens with one attached hydrogen (secondary N) is 1. The Balaban J connectivity index is 2.55. The van der Waals surface area contributed by atoms with Gasteiger partial charge in [0, 0.05) is 5.56 Å². The minimum Gasteiger partial charge on any atom is -0.480 e. The number of carboxylic acid groups (broad SMARTS) is 1. The summed E-state index contributed by atoms with van der Waals surface area (Å²) in [5.41, 5.74) is -0.559. The molecular formula is C15H19ClFNO5. The molecule has 1 unspecified atom stereocenters. The number of hydrogen-bond donors (Lipinski definition) is 2. The Kier molecular flexibility index (Phi) is 6.78. The van der Waals surface area contributed by atoms with Crippen LogP contribution in [0.3, 0.4) is 0 Å². The van der Waals surface area contributed by atoms with Gasteiger partial charge in [0.25, 0.3) is 0 Å². The zero-order valence-corrected chi connectivity index (χ0v) is 13.8. The number of hydrogen-bond acceptors (Lipinski definition) is 4. The fourth-order valence-electron chi connectivity index (χ4n) is 1.57. The van der Waals surface area contributed by atoms with Gasteiger partial charge in [-0.25, -0.2) is 14.0 Å². The smallest absolute Gasteiger partial charge is 0.408 e. The second-order valence-electron chi connectivity index (χ2n) is 5.77. The van der Waals surface area contributed by atoms with E-state index in [4.69, 9.17) is 26.2 Å². The molecule has 128 valence electrons. The van der Waals surface area contributed by atoms with Crippen molar-refractivity contribution >= 4 is 23.7 Å². The number of benzene rings is 1. The molecule has 0 bridgehead atoms. The van der Waals surface area contributed by atoms with Gasteiger partial charge in [0.15, 0.2) is 6.04 Å². The normalized spacial score (nSPS) is 12.6. The van der Waals surface area contributed by atoms with E-state index in [1.165, 1.54) is 12.1 Å². The largest absolute Gasteiger partial charge is 0.480 e. The minimum absolute atomic E-state index is 0.0484. The van der Waals surface area contributed by atoms with Crippen LogP contribution in [0.5, 0.6) is 0 Å². The van der Waals surface area contributed by atoms with Crippen molar-refractivity contribution in [1.82, 2.24) is 5.32 Å². The number of rotatable bonds is 6. The number of carboxylic acids is 1. The van der Waals surface area contributed by atoms with E-state index in [0.29, 0.717) is 0 Å². The second kappa shape index (κ2) is 8.12. The van der Waals surface area contributed by atoms with Crippen molar-refractivity contribution in [2.75, 3.05) is 6.61 Å². The van der Waals surface area contributed by atoms with E-state index in [9.17, 15) is 14.0 Å². The molecule has 0 saturated heterocycles. The maximum Gasteiger partial charge on any atom is 0.408 e. The first-order chi connectivity index (χ1) is 10.6. The van der Waals surface area contributed by atoms with E-state index in [0.717, 1.165) is 0 Å². The van der Waals surface area contributed by atoms with E-state index in [1.54, 1.807) is 26.8 Å². The van der Waals surface area contributed by atoms with Gasteiger partial charge in [-0.1, -0.05) is 23.7 Å². The van der Waals surface area contributed by atoms with Crippen molar-refractivity contribution in [2.24, 2.45) is 0 Å². The molecule has 2 N–H and O–H groups in total. The first-order valence-corrected chi connectivity index (χ1v) is 7.21. The summed E-state index contributed by atoms with van der Waals surface area (Å²) < 4.78 is 23.8. The maximum absolute atomic E-state index is 13.7. The topological polar surface area (TPSA) is 84.9 Å². The van der Waals surface area contributed by atoms with Gasteiger partial charge in [-0.2, -0.15) is 0 Å². The molecule has 8 heteroatoms. The lowest BCUT2D eigenvalue weighted by Crippen LogP contribution is -2.46. The molecule has 0 aliphatic rings. The van der Waals surface area contributed by atoms with Crippen molar-refractivity contribution in [2.45, 2.75) is 39.0 Å². The highest BCUT2D eigenvalue weighted by Gasteiger charge is 2.24. The Morgan fingerprint density at radius 3 is 2.61 bits per heavy atom. The molecule has 0 radical (unpaired) electrons. The van der Waals surface area contributed by atoms with E-state index in [2.05, 4.69) is 5.32 Å². The summed E-state index contributed by atoms with van der Waals surface area (Å²) in [6.45, 7) is 4.44. The first kappa shape index (κ1) is 19.2. The molecule has 23 heavy (non-hydrogen) atoms. The Hall–Kier alpha value is -1.86. The molecule has 0 aliphatic carbocycles. The third-order valence-corrected chi connectivity index (χ3v) is 2.85. The van der Waals surface area contributed by atoms with Crippen molar-refractivity contribution in [1.29, 1.82) is 0 Å². The van der Waals surface area contributed by atoms with Crippen LogP contribution < -0.4 is 5.32 Å².